The van der Waals surface area contributed by atoms with Gasteiger partial charge in [-0.25, -0.2) is 0 Å². The molecule has 2 aliphatic carbocycles. The molecule has 11 aromatic rings. The molecule has 2 aliphatic rings. The maximum Gasteiger partial charge on any atom is 0.143 e. The second kappa shape index (κ2) is 13.0. The van der Waals surface area contributed by atoms with Gasteiger partial charge in [-0.05, 0) is 91.9 Å². The smallest absolute Gasteiger partial charge is 0.143 e. The molecule has 13 rings (SSSR count). The van der Waals surface area contributed by atoms with E-state index in [1.54, 1.807) is 0 Å². The largest absolute Gasteiger partial charge is 0.455 e. The van der Waals surface area contributed by atoms with E-state index in [0.717, 1.165) is 61.1 Å². The first-order chi connectivity index (χ1) is 30.3. The lowest BCUT2D eigenvalue weighted by Gasteiger charge is -2.33. The number of fused-ring (bicyclic) bond motifs is 15. The minimum Gasteiger partial charge on any atom is -0.455 e. The zero-order chi connectivity index (χ0) is 40.1. The van der Waals surface area contributed by atoms with Crippen molar-refractivity contribution in [2.24, 2.45) is 0 Å². The Balaban J connectivity index is 1.10. The van der Waals surface area contributed by atoms with Gasteiger partial charge in [0.25, 0.3) is 0 Å². The van der Waals surface area contributed by atoms with Crippen LogP contribution in [0.15, 0.2) is 229 Å². The third kappa shape index (κ3) is 4.73. The van der Waals surface area contributed by atoms with Crippen LogP contribution in [-0.2, 0) is 5.41 Å². The lowest BCUT2D eigenvalue weighted by molar-refractivity contribution is 0.672. The lowest BCUT2D eigenvalue weighted by atomic mass is 9.70. The third-order valence-electron chi connectivity index (χ3n) is 13.3. The van der Waals surface area contributed by atoms with Crippen molar-refractivity contribution < 1.29 is 4.42 Å². The van der Waals surface area contributed by atoms with Crippen LogP contribution in [0.1, 0.15) is 22.3 Å². The molecule has 0 radical (unpaired) electrons. The van der Waals surface area contributed by atoms with Crippen molar-refractivity contribution >= 4 is 49.8 Å². The van der Waals surface area contributed by atoms with Gasteiger partial charge < -0.3 is 9.32 Å². The molecule has 0 fully saturated rings. The average molecular weight is 776 g/mol. The fourth-order valence-electron chi connectivity index (χ4n) is 10.8. The summed E-state index contributed by atoms with van der Waals surface area (Å²) in [7, 11) is 0. The number of hydrogen-bond acceptors (Lipinski definition) is 2. The van der Waals surface area contributed by atoms with E-state index in [1.165, 1.54) is 55.5 Å². The molecule has 284 valence electrons. The summed E-state index contributed by atoms with van der Waals surface area (Å²) >= 11 is 0. The number of furan rings is 1. The van der Waals surface area contributed by atoms with Crippen LogP contribution in [0.5, 0.6) is 0 Å². The monoisotopic (exact) mass is 775 g/mol. The predicted molar refractivity (Wildman–Crippen MR) is 253 cm³/mol. The summed E-state index contributed by atoms with van der Waals surface area (Å²) in [4.78, 5) is 2.53. The zero-order valence-corrected chi connectivity index (χ0v) is 33.2. The van der Waals surface area contributed by atoms with Crippen LogP contribution in [0.25, 0.3) is 77.2 Å². The second-order valence-electron chi connectivity index (χ2n) is 16.3. The van der Waals surface area contributed by atoms with Crippen LogP contribution in [0.4, 0.5) is 17.1 Å². The van der Waals surface area contributed by atoms with Gasteiger partial charge in [0.2, 0.25) is 0 Å². The molecular weight excluding hydrogens is 739 g/mol. The molecule has 10 aromatic carbocycles. The summed E-state index contributed by atoms with van der Waals surface area (Å²) in [5.41, 5.74) is 19.7. The van der Waals surface area contributed by atoms with Crippen LogP contribution in [0.3, 0.4) is 0 Å². The van der Waals surface area contributed by atoms with E-state index >= 15 is 0 Å². The number of benzene rings is 10. The van der Waals surface area contributed by atoms with Crippen LogP contribution in [0, 0.1) is 0 Å². The third-order valence-corrected chi connectivity index (χ3v) is 13.3. The maximum absolute atomic E-state index is 6.61. The molecule has 2 heteroatoms. The van der Waals surface area contributed by atoms with Crippen molar-refractivity contribution in [3.8, 4) is 44.5 Å². The zero-order valence-electron chi connectivity index (χ0n) is 33.2. The van der Waals surface area contributed by atoms with Crippen molar-refractivity contribution in [3.63, 3.8) is 0 Å². The highest BCUT2D eigenvalue weighted by Gasteiger charge is 2.52. The van der Waals surface area contributed by atoms with Crippen molar-refractivity contribution in [1.82, 2.24) is 0 Å². The van der Waals surface area contributed by atoms with Crippen LogP contribution < -0.4 is 4.90 Å². The van der Waals surface area contributed by atoms with Gasteiger partial charge in [-0.15, -0.1) is 0 Å². The standard InChI is InChI=1S/C59H37NO/c1-2-17-38(18-3-1)41-20-9-14-30-53(41)60(54-31-15-10-21-42(54)40-34-36-56-48(37-40)46-35-33-39-19-4-5-22-43(39)58(46)61-56)55-32-16-29-52-57(55)47-25-8-13-28-51(47)59(52)49-26-11-6-23-44(49)45-24-7-12-27-50(45)59/h1-37H. The minimum absolute atomic E-state index is 0.462. The van der Waals surface area contributed by atoms with Gasteiger partial charge in [-0.2, -0.15) is 0 Å². The second-order valence-corrected chi connectivity index (χ2v) is 16.3. The number of para-hydroxylation sites is 2. The molecule has 1 heterocycles. The Morgan fingerprint density at radius 3 is 1.59 bits per heavy atom. The number of rotatable bonds is 5. The summed E-state index contributed by atoms with van der Waals surface area (Å²) in [6.07, 6.45) is 0. The van der Waals surface area contributed by atoms with E-state index in [4.69, 9.17) is 4.42 Å². The molecule has 0 unspecified atom stereocenters. The van der Waals surface area contributed by atoms with E-state index in [2.05, 4.69) is 229 Å². The summed E-state index contributed by atoms with van der Waals surface area (Å²) in [5, 5.41) is 4.54. The van der Waals surface area contributed by atoms with Gasteiger partial charge in [0.05, 0.1) is 22.5 Å². The highest BCUT2D eigenvalue weighted by Crippen LogP contribution is 2.65. The molecule has 0 saturated carbocycles. The molecule has 61 heavy (non-hydrogen) atoms. The topological polar surface area (TPSA) is 16.4 Å². The van der Waals surface area contributed by atoms with Gasteiger partial charge in [0.1, 0.15) is 11.2 Å². The highest BCUT2D eigenvalue weighted by molar-refractivity contribution is 6.16. The van der Waals surface area contributed by atoms with Gasteiger partial charge in [-0.3, -0.25) is 0 Å². The number of anilines is 3. The van der Waals surface area contributed by atoms with Crippen LogP contribution in [-0.4, -0.2) is 0 Å². The summed E-state index contributed by atoms with van der Waals surface area (Å²) in [6.45, 7) is 0. The lowest BCUT2D eigenvalue weighted by Crippen LogP contribution is -2.26. The summed E-state index contributed by atoms with van der Waals surface area (Å²) in [5.74, 6) is 0. The first-order valence-corrected chi connectivity index (χ1v) is 21.1. The van der Waals surface area contributed by atoms with Crippen LogP contribution in [0.2, 0.25) is 0 Å². The Morgan fingerprint density at radius 2 is 0.869 bits per heavy atom. The van der Waals surface area contributed by atoms with Crippen molar-refractivity contribution in [3.05, 3.63) is 247 Å². The first-order valence-electron chi connectivity index (χ1n) is 21.1. The molecule has 0 saturated heterocycles. The molecule has 0 aliphatic heterocycles. The molecule has 0 atom stereocenters. The molecule has 2 nitrogen and oxygen atoms in total. The normalized spacial score (nSPS) is 13.0. The summed E-state index contributed by atoms with van der Waals surface area (Å²) < 4.78 is 6.61. The van der Waals surface area contributed by atoms with Crippen molar-refractivity contribution in [1.29, 1.82) is 0 Å². The molecule has 0 amide bonds. The van der Waals surface area contributed by atoms with Crippen molar-refractivity contribution in [2.75, 3.05) is 4.90 Å². The van der Waals surface area contributed by atoms with Gasteiger partial charge >= 0.3 is 0 Å². The molecule has 0 bridgehead atoms. The predicted octanol–water partition coefficient (Wildman–Crippen LogP) is 15.9. The maximum atomic E-state index is 6.61. The Kier molecular flexibility index (Phi) is 7.26. The molecule has 0 N–H and O–H groups in total. The number of nitrogens with zero attached hydrogens (tertiary/aromatic N) is 1. The summed E-state index contributed by atoms with van der Waals surface area (Å²) in [6, 6.07) is 82.3. The Morgan fingerprint density at radius 1 is 0.328 bits per heavy atom. The number of hydrogen-bond donors (Lipinski definition) is 0. The van der Waals surface area contributed by atoms with Gasteiger partial charge in [0, 0.05) is 32.8 Å². The average Bonchev–Trinajstić information content (AvgIpc) is 3.97. The Bertz CT molecular complexity index is 3510. The van der Waals surface area contributed by atoms with E-state index in [9.17, 15) is 0 Å². The van der Waals surface area contributed by atoms with Gasteiger partial charge in [-0.1, -0.05) is 188 Å². The Labute approximate surface area is 354 Å². The minimum atomic E-state index is -0.462. The fourth-order valence-corrected chi connectivity index (χ4v) is 10.8. The van der Waals surface area contributed by atoms with Gasteiger partial charge in [0.15, 0.2) is 0 Å². The molecular formula is C59H37NO. The van der Waals surface area contributed by atoms with Crippen LogP contribution >= 0.6 is 0 Å². The SMILES string of the molecule is c1ccc(-c2ccccc2N(c2ccccc2-c2ccc3oc4c5ccccc5ccc4c3c2)c2cccc3c2-c2ccccc2C32c3ccccc3-c3ccccc32)cc1. The molecule has 1 aromatic heterocycles. The van der Waals surface area contributed by atoms with E-state index < -0.39 is 5.41 Å². The van der Waals surface area contributed by atoms with Crippen molar-refractivity contribution in [2.45, 2.75) is 5.41 Å². The quantitative estimate of drug-likeness (QED) is 0.173. The van der Waals surface area contributed by atoms with E-state index in [1.807, 2.05) is 0 Å². The van der Waals surface area contributed by atoms with E-state index in [-0.39, 0.29) is 0 Å². The fraction of sp³-hybridized carbons (Fsp3) is 0.0169. The Hall–Kier alpha value is -7.94. The van der Waals surface area contributed by atoms with E-state index in [0.29, 0.717) is 0 Å². The highest BCUT2D eigenvalue weighted by atomic mass is 16.3. The molecule has 1 spiro atoms. The first kappa shape index (κ1) is 34.0.